The zero-order valence-corrected chi connectivity index (χ0v) is 15.5. The lowest BCUT2D eigenvalue weighted by Crippen LogP contribution is -1.98. The van der Waals surface area contributed by atoms with Crippen LogP contribution in [0.2, 0.25) is 0 Å². The molecule has 0 saturated carbocycles. The third-order valence-corrected chi connectivity index (χ3v) is 4.70. The summed E-state index contributed by atoms with van der Waals surface area (Å²) in [6.45, 7) is 0. The molecule has 2 aromatic heterocycles. The molecule has 0 unspecified atom stereocenters. The fraction of sp³-hybridized carbons (Fsp3) is 0. The summed E-state index contributed by atoms with van der Waals surface area (Å²) in [6.07, 6.45) is 4.58. The van der Waals surface area contributed by atoms with E-state index in [1.54, 1.807) is 17.1 Å². The monoisotopic (exact) mass is 400 g/mol. The van der Waals surface area contributed by atoms with Crippen molar-refractivity contribution in [3.8, 4) is 16.8 Å². The fourth-order valence-electron chi connectivity index (χ4n) is 3.19. The van der Waals surface area contributed by atoms with Gasteiger partial charge in [-0.2, -0.15) is 5.10 Å². The van der Waals surface area contributed by atoms with Crippen LogP contribution in [0.1, 0.15) is 0 Å². The van der Waals surface area contributed by atoms with Crippen LogP contribution in [0, 0.1) is 11.6 Å². The summed E-state index contributed by atoms with van der Waals surface area (Å²) in [5.74, 6) is -1.15. The summed E-state index contributed by atoms with van der Waals surface area (Å²) in [7, 11) is 0. The molecule has 0 saturated heterocycles. The van der Waals surface area contributed by atoms with Crippen molar-refractivity contribution >= 4 is 22.4 Å². The molecule has 6 nitrogen and oxygen atoms in total. The zero-order chi connectivity index (χ0) is 20.5. The van der Waals surface area contributed by atoms with Crippen molar-refractivity contribution in [2.24, 2.45) is 0 Å². The molecule has 0 aliphatic rings. The van der Waals surface area contributed by atoms with Crippen LogP contribution in [0.25, 0.3) is 27.7 Å². The maximum atomic E-state index is 13.7. The van der Waals surface area contributed by atoms with Crippen molar-refractivity contribution < 1.29 is 8.78 Å². The van der Waals surface area contributed by atoms with Crippen LogP contribution in [-0.2, 0) is 0 Å². The summed E-state index contributed by atoms with van der Waals surface area (Å²) in [4.78, 5) is 12.6. The van der Waals surface area contributed by atoms with Gasteiger partial charge in [-0.15, -0.1) is 0 Å². The zero-order valence-electron chi connectivity index (χ0n) is 15.5. The highest BCUT2D eigenvalue weighted by atomic mass is 19.2. The van der Waals surface area contributed by atoms with Gasteiger partial charge in [-0.05, 0) is 59.7 Å². The van der Waals surface area contributed by atoms with Crippen molar-refractivity contribution in [1.82, 2.24) is 24.7 Å². The second kappa shape index (κ2) is 7.32. The van der Waals surface area contributed by atoms with Crippen molar-refractivity contribution in [3.63, 3.8) is 0 Å². The molecule has 0 aliphatic heterocycles. The lowest BCUT2D eigenvalue weighted by Gasteiger charge is -2.11. The maximum absolute atomic E-state index is 13.7. The van der Waals surface area contributed by atoms with Gasteiger partial charge in [0.05, 0.1) is 11.2 Å². The normalized spacial score (nSPS) is 11.0. The minimum Gasteiger partial charge on any atom is -0.340 e. The molecule has 0 aliphatic carbocycles. The predicted octanol–water partition coefficient (Wildman–Crippen LogP) is 4.90. The van der Waals surface area contributed by atoms with E-state index in [-0.39, 0.29) is 0 Å². The van der Waals surface area contributed by atoms with E-state index in [1.165, 1.54) is 18.7 Å². The molecule has 146 valence electrons. The SMILES string of the molecule is Fc1ccc(-c2ccc3ncnc(Nc4ccc(-n5cncn5)cc4)c3c2)cc1F. The number of anilines is 2. The Labute approximate surface area is 169 Å². The highest BCUT2D eigenvalue weighted by Crippen LogP contribution is 2.29. The van der Waals surface area contributed by atoms with E-state index in [1.807, 2.05) is 42.5 Å². The van der Waals surface area contributed by atoms with Crippen molar-refractivity contribution in [1.29, 1.82) is 0 Å². The van der Waals surface area contributed by atoms with Gasteiger partial charge in [0, 0.05) is 11.1 Å². The Balaban J connectivity index is 1.50. The van der Waals surface area contributed by atoms with Crippen LogP contribution in [0.3, 0.4) is 0 Å². The van der Waals surface area contributed by atoms with Gasteiger partial charge in [-0.1, -0.05) is 12.1 Å². The van der Waals surface area contributed by atoms with E-state index in [0.29, 0.717) is 11.4 Å². The molecule has 1 N–H and O–H groups in total. The predicted molar refractivity (Wildman–Crippen MR) is 110 cm³/mol. The van der Waals surface area contributed by atoms with Crippen LogP contribution >= 0.6 is 0 Å². The first-order valence-electron chi connectivity index (χ1n) is 9.10. The third kappa shape index (κ3) is 3.35. The Morgan fingerprint density at radius 1 is 0.767 bits per heavy atom. The molecular formula is C22H14F2N6. The average molecular weight is 400 g/mol. The Bertz CT molecular complexity index is 1330. The smallest absolute Gasteiger partial charge is 0.159 e. The molecule has 0 spiro atoms. The average Bonchev–Trinajstić information content (AvgIpc) is 3.31. The van der Waals surface area contributed by atoms with E-state index < -0.39 is 11.6 Å². The van der Waals surface area contributed by atoms with Crippen LogP contribution in [0.4, 0.5) is 20.3 Å². The number of hydrogen-bond acceptors (Lipinski definition) is 5. The minimum atomic E-state index is -0.886. The summed E-state index contributed by atoms with van der Waals surface area (Å²) in [5, 5.41) is 8.16. The molecule has 30 heavy (non-hydrogen) atoms. The summed E-state index contributed by atoms with van der Waals surface area (Å²) in [6, 6.07) is 17.0. The first-order valence-corrected chi connectivity index (χ1v) is 9.10. The van der Waals surface area contributed by atoms with Crippen molar-refractivity contribution in [3.05, 3.63) is 91.3 Å². The number of nitrogens with one attached hydrogen (secondary N) is 1. The molecule has 0 amide bonds. The molecule has 0 fully saturated rings. The number of aromatic nitrogens is 5. The number of nitrogens with zero attached hydrogens (tertiary/aromatic N) is 5. The number of rotatable bonds is 4. The standard InChI is InChI=1S/C22H14F2N6/c23-19-7-1-15(10-20(19)24)14-2-8-21-18(9-14)22(27-12-26-21)29-16-3-5-17(6-4-16)30-13-25-11-28-30/h1-13H,(H,26,27,29). The molecule has 0 bridgehead atoms. The van der Waals surface area contributed by atoms with E-state index >= 15 is 0 Å². The fourth-order valence-corrected chi connectivity index (χ4v) is 3.19. The van der Waals surface area contributed by atoms with Gasteiger partial charge >= 0.3 is 0 Å². The number of benzene rings is 3. The second-order valence-corrected chi connectivity index (χ2v) is 6.60. The Hall–Kier alpha value is -4.20. The molecule has 0 radical (unpaired) electrons. The molecule has 2 heterocycles. The van der Waals surface area contributed by atoms with Gasteiger partial charge in [0.15, 0.2) is 11.6 Å². The highest BCUT2D eigenvalue weighted by Gasteiger charge is 2.09. The van der Waals surface area contributed by atoms with Gasteiger partial charge in [-0.25, -0.2) is 28.4 Å². The van der Waals surface area contributed by atoms with Crippen LogP contribution in [0.15, 0.2) is 79.6 Å². The van der Waals surface area contributed by atoms with Gasteiger partial charge < -0.3 is 5.32 Å². The highest BCUT2D eigenvalue weighted by molar-refractivity contribution is 5.93. The van der Waals surface area contributed by atoms with Gasteiger partial charge in [0.25, 0.3) is 0 Å². The molecular weight excluding hydrogens is 386 g/mol. The van der Waals surface area contributed by atoms with E-state index in [4.69, 9.17) is 0 Å². The Kier molecular flexibility index (Phi) is 4.36. The number of halogens is 2. The van der Waals surface area contributed by atoms with Gasteiger partial charge in [0.2, 0.25) is 0 Å². The van der Waals surface area contributed by atoms with Crippen LogP contribution < -0.4 is 5.32 Å². The molecule has 0 atom stereocenters. The summed E-state index contributed by atoms with van der Waals surface area (Å²) in [5.41, 5.74) is 3.75. The number of fused-ring (bicyclic) bond motifs is 1. The topological polar surface area (TPSA) is 68.5 Å². The van der Waals surface area contributed by atoms with Crippen LogP contribution in [0.5, 0.6) is 0 Å². The Morgan fingerprint density at radius 2 is 1.57 bits per heavy atom. The van der Waals surface area contributed by atoms with Crippen molar-refractivity contribution in [2.45, 2.75) is 0 Å². The molecule has 3 aromatic carbocycles. The lowest BCUT2D eigenvalue weighted by atomic mass is 10.0. The van der Waals surface area contributed by atoms with E-state index in [9.17, 15) is 8.78 Å². The lowest BCUT2D eigenvalue weighted by molar-refractivity contribution is 0.509. The Morgan fingerprint density at radius 3 is 2.33 bits per heavy atom. The second-order valence-electron chi connectivity index (χ2n) is 6.60. The van der Waals surface area contributed by atoms with E-state index in [2.05, 4.69) is 25.4 Å². The maximum Gasteiger partial charge on any atom is 0.159 e. The first kappa shape index (κ1) is 17.9. The third-order valence-electron chi connectivity index (χ3n) is 4.70. The summed E-state index contributed by atoms with van der Waals surface area (Å²) >= 11 is 0. The summed E-state index contributed by atoms with van der Waals surface area (Å²) < 4.78 is 28.6. The quantitative estimate of drug-likeness (QED) is 0.465. The largest absolute Gasteiger partial charge is 0.340 e. The first-order chi connectivity index (χ1) is 14.7. The van der Waals surface area contributed by atoms with E-state index in [0.717, 1.165) is 33.9 Å². The molecule has 5 rings (SSSR count). The van der Waals surface area contributed by atoms with Gasteiger partial charge in [0.1, 0.15) is 24.8 Å². The van der Waals surface area contributed by atoms with Gasteiger partial charge in [-0.3, -0.25) is 0 Å². The van der Waals surface area contributed by atoms with Crippen LogP contribution in [-0.4, -0.2) is 24.7 Å². The number of hydrogen-bond donors (Lipinski definition) is 1. The molecule has 8 heteroatoms. The molecule has 5 aromatic rings. The van der Waals surface area contributed by atoms with Crippen molar-refractivity contribution in [2.75, 3.05) is 5.32 Å². The minimum absolute atomic E-state index is 0.572.